The van der Waals surface area contributed by atoms with E-state index in [0.717, 1.165) is 17.9 Å². The highest BCUT2D eigenvalue weighted by molar-refractivity contribution is 7.99. The number of benzene rings is 1. The third kappa shape index (κ3) is 5.07. The minimum Gasteiger partial charge on any atom is -0.396 e. The number of rotatable bonds is 7. The Balaban J connectivity index is 2.30. The van der Waals surface area contributed by atoms with Gasteiger partial charge in [-0.1, -0.05) is 0 Å². The summed E-state index contributed by atoms with van der Waals surface area (Å²) in [5.74, 6) is 1.37. The average Bonchev–Trinajstić information content (AvgIpc) is 2.35. The van der Waals surface area contributed by atoms with Crippen molar-refractivity contribution in [3.05, 3.63) is 29.6 Å². The molecule has 2 N–H and O–H groups in total. The van der Waals surface area contributed by atoms with Crippen molar-refractivity contribution in [2.75, 3.05) is 30.0 Å². The molecule has 0 saturated carbocycles. The molecule has 0 amide bonds. The van der Waals surface area contributed by atoms with Gasteiger partial charge in [-0.25, -0.2) is 4.39 Å². The first-order valence-electron chi connectivity index (χ1n) is 5.40. The van der Waals surface area contributed by atoms with Crippen molar-refractivity contribution in [3.63, 3.8) is 0 Å². The maximum absolute atomic E-state index is 13.4. The van der Waals surface area contributed by atoms with E-state index >= 15 is 0 Å². The summed E-state index contributed by atoms with van der Waals surface area (Å²) in [4.78, 5) is 0. The smallest absolute Gasteiger partial charge is 0.147 e. The van der Waals surface area contributed by atoms with Gasteiger partial charge in [0.05, 0.1) is 17.3 Å². The van der Waals surface area contributed by atoms with Gasteiger partial charge in [-0.3, -0.25) is 0 Å². The molecule has 3 nitrogen and oxygen atoms in total. The maximum atomic E-state index is 13.4. The van der Waals surface area contributed by atoms with Crippen molar-refractivity contribution in [3.8, 4) is 6.07 Å². The Morgan fingerprint density at radius 1 is 1.41 bits per heavy atom. The van der Waals surface area contributed by atoms with Gasteiger partial charge in [0.25, 0.3) is 0 Å². The summed E-state index contributed by atoms with van der Waals surface area (Å²) < 4.78 is 13.4. The number of nitriles is 1. The van der Waals surface area contributed by atoms with Gasteiger partial charge in [-0.05, 0) is 30.4 Å². The van der Waals surface area contributed by atoms with E-state index in [2.05, 4.69) is 5.32 Å². The molecule has 0 spiro atoms. The summed E-state index contributed by atoms with van der Waals surface area (Å²) >= 11 is 1.71. The second-order valence-electron chi connectivity index (χ2n) is 3.42. The second-order valence-corrected chi connectivity index (χ2v) is 4.65. The number of halogens is 1. The molecule has 17 heavy (non-hydrogen) atoms. The summed E-state index contributed by atoms with van der Waals surface area (Å²) in [6.07, 6.45) is 0.788. The lowest BCUT2D eigenvalue weighted by molar-refractivity contribution is 0.296. The molecule has 0 bridgehead atoms. The van der Waals surface area contributed by atoms with Gasteiger partial charge in [0.2, 0.25) is 0 Å². The number of nitrogens with one attached hydrogen (secondary N) is 1. The molecule has 1 aromatic carbocycles. The largest absolute Gasteiger partial charge is 0.396 e. The number of anilines is 1. The summed E-state index contributed by atoms with van der Waals surface area (Å²) in [5, 5.41) is 20.1. The highest BCUT2D eigenvalue weighted by Crippen LogP contribution is 2.15. The molecule has 0 aliphatic heterocycles. The minimum absolute atomic E-state index is 0.213. The van der Waals surface area contributed by atoms with Gasteiger partial charge < -0.3 is 10.4 Å². The first-order valence-corrected chi connectivity index (χ1v) is 6.55. The molecular weight excluding hydrogens is 239 g/mol. The molecule has 0 unspecified atom stereocenters. The van der Waals surface area contributed by atoms with E-state index in [4.69, 9.17) is 10.4 Å². The Labute approximate surface area is 105 Å². The van der Waals surface area contributed by atoms with Gasteiger partial charge in [0.1, 0.15) is 5.82 Å². The fourth-order valence-electron chi connectivity index (χ4n) is 1.25. The first-order chi connectivity index (χ1) is 8.27. The van der Waals surface area contributed by atoms with Crippen LogP contribution in [-0.2, 0) is 0 Å². The predicted octanol–water partition coefficient (Wildman–Crippen LogP) is 2.22. The number of aliphatic hydroxyl groups is 1. The molecule has 0 heterocycles. The molecule has 92 valence electrons. The summed E-state index contributed by atoms with van der Waals surface area (Å²) in [5.41, 5.74) is 0.747. The number of thioether (sulfide) groups is 1. The van der Waals surface area contributed by atoms with E-state index in [-0.39, 0.29) is 6.61 Å². The summed E-state index contributed by atoms with van der Waals surface area (Å²) in [6, 6.07) is 6.28. The number of aliphatic hydroxyl groups excluding tert-OH is 1. The van der Waals surface area contributed by atoms with Crippen molar-refractivity contribution in [1.82, 2.24) is 0 Å². The fourth-order valence-corrected chi connectivity index (χ4v) is 2.04. The fraction of sp³-hybridized carbons (Fsp3) is 0.417. The number of nitrogens with zero attached hydrogens (tertiary/aromatic N) is 1. The monoisotopic (exact) mass is 254 g/mol. The number of hydrogen-bond donors (Lipinski definition) is 2. The molecule has 1 rings (SSSR count). The van der Waals surface area contributed by atoms with Crippen LogP contribution >= 0.6 is 11.8 Å². The third-order valence-corrected chi connectivity index (χ3v) is 3.18. The predicted molar refractivity (Wildman–Crippen MR) is 68.6 cm³/mol. The Morgan fingerprint density at radius 2 is 2.24 bits per heavy atom. The Kier molecular flexibility index (Phi) is 6.45. The average molecular weight is 254 g/mol. The maximum Gasteiger partial charge on any atom is 0.147 e. The van der Waals surface area contributed by atoms with Crippen molar-refractivity contribution >= 4 is 17.4 Å². The van der Waals surface area contributed by atoms with Crippen LogP contribution in [-0.4, -0.2) is 29.8 Å². The lowest BCUT2D eigenvalue weighted by Gasteiger charge is -2.07. The molecule has 0 atom stereocenters. The van der Waals surface area contributed by atoms with Crippen LogP contribution in [0.4, 0.5) is 10.1 Å². The molecular formula is C12H15FN2OS. The zero-order valence-electron chi connectivity index (χ0n) is 9.45. The van der Waals surface area contributed by atoms with Gasteiger partial charge in [0.15, 0.2) is 0 Å². The topological polar surface area (TPSA) is 56.0 Å². The molecule has 0 fully saturated rings. The quantitative estimate of drug-likeness (QED) is 0.733. The molecule has 0 saturated heterocycles. The normalized spacial score (nSPS) is 9.94. The van der Waals surface area contributed by atoms with Gasteiger partial charge in [-0.2, -0.15) is 17.0 Å². The third-order valence-electron chi connectivity index (χ3n) is 2.11. The molecule has 5 heteroatoms. The van der Waals surface area contributed by atoms with Crippen molar-refractivity contribution in [2.45, 2.75) is 6.42 Å². The minimum atomic E-state index is -0.399. The van der Waals surface area contributed by atoms with E-state index in [0.29, 0.717) is 17.8 Å². The highest BCUT2D eigenvalue weighted by Gasteiger charge is 2.02. The SMILES string of the molecule is N#Cc1ccc(NCCSCCCO)c(F)c1. The van der Waals surface area contributed by atoms with Crippen LogP contribution in [0.25, 0.3) is 0 Å². The molecule has 1 aromatic rings. The highest BCUT2D eigenvalue weighted by atomic mass is 32.2. The Morgan fingerprint density at radius 3 is 2.88 bits per heavy atom. The van der Waals surface area contributed by atoms with Crippen LogP contribution in [0.1, 0.15) is 12.0 Å². The van der Waals surface area contributed by atoms with Crippen molar-refractivity contribution in [2.24, 2.45) is 0 Å². The zero-order valence-corrected chi connectivity index (χ0v) is 10.3. The Hall–Kier alpha value is -1.25. The van der Waals surface area contributed by atoms with E-state index in [1.165, 1.54) is 6.07 Å². The van der Waals surface area contributed by atoms with Crippen molar-refractivity contribution < 1.29 is 9.50 Å². The molecule has 0 aliphatic rings. The molecule has 0 radical (unpaired) electrons. The van der Waals surface area contributed by atoms with Crippen LogP contribution in [0.15, 0.2) is 18.2 Å². The Bertz CT molecular complexity index is 393. The summed E-state index contributed by atoms with van der Waals surface area (Å²) in [7, 11) is 0. The van der Waals surface area contributed by atoms with Gasteiger partial charge >= 0.3 is 0 Å². The molecule has 0 aliphatic carbocycles. The van der Waals surface area contributed by atoms with Crippen molar-refractivity contribution in [1.29, 1.82) is 5.26 Å². The van der Waals surface area contributed by atoms with Crippen LogP contribution < -0.4 is 5.32 Å². The van der Waals surface area contributed by atoms with Gasteiger partial charge in [-0.15, -0.1) is 0 Å². The van der Waals surface area contributed by atoms with E-state index < -0.39 is 5.82 Å². The second kappa shape index (κ2) is 7.93. The molecule has 0 aromatic heterocycles. The van der Waals surface area contributed by atoms with E-state index in [1.54, 1.807) is 23.9 Å². The van der Waals surface area contributed by atoms with Crippen LogP contribution in [0.2, 0.25) is 0 Å². The van der Waals surface area contributed by atoms with E-state index in [9.17, 15) is 4.39 Å². The lowest BCUT2D eigenvalue weighted by atomic mass is 10.2. The van der Waals surface area contributed by atoms with Crippen LogP contribution in [0.5, 0.6) is 0 Å². The van der Waals surface area contributed by atoms with Gasteiger partial charge in [0, 0.05) is 18.9 Å². The zero-order chi connectivity index (χ0) is 12.5. The lowest BCUT2D eigenvalue weighted by Crippen LogP contribution is -2.06. The van der Waals surface area contributed by atoms with E-state index in [1.807, 2.05) is 6.07 Å². The number of hydrogen-bond acceptors (Lipinski definition) is 4. The van der Waals surface area contributed by atoms with Crippen LogP contribution in [0.3, 0.4) is 0 Å². The van der Waals surface area contributed by atoms with Crippen LogP contribution in [0, 0.1) is 17.1 Å². The first kappa shape index (κ1) is 13.8. The standard InChI is InChI=1S/C12H15FN2OS/c13-11-8-10(9-14)2-3-12(11)15-4-7-17-6-1-5-16/h2-3,8,15-16H,1,4-7H2. The summed E-state index contributed by atoms with van der Waals surface area (Å²) in [6.45, 7) is 0.879.